The van der Waals surface area contributed by atoms with Crippen molar-refractivity contribution in [3.8, 4) is 23.1 Å². The average molecular weight is 368 g/mol. The van der Waals surface area contributed by atoms with Crippen molar-refractivity contribution >= 4 is 16.7 Å². The van der Waals surface area contributed by atoms with Crippen molar-refractivity contribution in [3.05, 3.63) is 65.6 Å². The second kappa shape index (κ2) is 6.06. The van der Waals surface area contributed by atoms with Gasteiger partial charge in [-0.25, -0.2) is 9.97 Å². The minimum Gasteiger partial charge on any atom is -0.507 e. The van der Waals surface area contributed by atoms with Gasteiger partial charge in [0.25, 0.3) is 0 Å². The first-order valence-corrected chi connectivity index (χ1v) is 8.93. The van der Waals surface area contributed by atoms with E-state index in [-0.39, 0.29) is 17.4 Å². The Bertz CT molecular complexity index is 1270. The molecule has 2 heterocycles. The summed E-state index contributed by atoms with van der Waals surface area (Å²) in [5.74, 6) is -0.0586. The van der Waals surface area contributed by atoms with Crippen molar-refractivity contribution in [2.24, 2.45) is 0 Å². The molecule has 4 aromatic rings. The van der Waals surface area contributed by atoms with Crippen molar-refractivity contribution in [2.75, 3.05) is 5.73 Å². The summed E-state index contributed by atoms with van der Waals surface area (Å²) in [6, 6.07) is 13.1. The lowest BCUT2D eigenvalue weighted by atomic mass is 10.1. The molecule has 28 heavy (non-hydrogen) atoms. The van der Waals surface area contributed by atoms with Crippen molar-refractivity contribution in [1.29, 1.82) is 5.26 Å². The molecule has 0 spiro atoms. The molecule has 0 radical (unpaired) electrons. The number of fused-ring (bicyclic) bond motifs is 2. The van der Waals surface area contributed by atoms with E-state index in [1.165, 1.54) is 11.9 Å². The molecule has 2 aromatic heterocycles. The van der Waals surface area contributed by atoms with Gasteiger partial charge in [0.2, 0.25) is 0 Å². The van der Waals surface area contributed by atoms with E-state index in [0.29, 0.717) is 5.65 Å². The van der Waals surface area contributed by atoms with Crippen LogP contribution in [0.1, 0.15) is 22.7 Å². The van der Waals surface area contributed by atoms with E-state index in [1.54, 1.807) is 18.3 Å². The maximum absolute atomic E-state index is 10.2. The lowest BCUT2D eigenvalue weighted by Crippen LogP contribution is -2.12. The summed E-state index contributed by atoms with van der Waals surface area (Å²) in [5, 5.41) is 24.8. The number of benzene rings is 2. The number of hydrogen-bond donors (Lipinski definition) is 2. The number of phenols is 1. The summed E-state index contributed by atoms with van der Waals surface area (Å²) in [7, 11) is 0. The monoisotopic (exact) mass is 368 g/mol. The molecule has 1 aliphatic rings. The number of aromatic nitrogens is 4. The highest BCUT2D eigenvalue weighted by molar-refractivity contribution is 5.91. The number of nitrogens with two attached hydrogens (primary N) is 1. The zero-order valence-electron chi connectivity index (χ0n) is 14.9. The average Bonchev–Trinajstić information content (AvgIpc) is 3.30. The minimum absolute atomic E-state index is 0.0586. The van der Waals surface area contributed by atoms with E-state index in [9.17, 15) is 5.11 Å². The molecule has 0 fully saturated rings. The Labute approximate surface area is 160 Å². The topological polar surface area (TPSA) is 114 Å². The molecule has 2 aromatic carbocycles. The van der Waals surface area contributed by atoms with Gasteiger partial charge in [0.15, 0.2) is 5.65 Å². The Hall–Kier alpha value is -3.92. The van der Waals surface area contributed by atoms with Crippen LogP contribution in [-0.2, 0) is 12.8 Å². The predicted octanol–water partition coefficient (Wildman–Crippen LogP) is 2.99. The first kappa shape index (κ1) is 16.3. The summed E-state index contributed by atoms with van der Waals surface area (Å²) in [4.78, 5) is 8.45. The highest BCUT2D eigenvalue weighted by atomic mass is 16.3. The van der Waals surface area contributed by atoms with Crippen LogP contribution in [-0.4, -0.2) is 24.9 Å². The molecule has 5 rings (SSSR count). The van der Waals surface area contributed by atoms with E-state index < -0.39 is 0 Å². The van der Waals surface area contributed by atoms with Crippen LogP contribution in [0.3, 0.4) is 0 Å². The van der Waals surface area contributed by atoms with Crippen molar-refractivity contribution in [3.63, 3.8) is 0 Å². The van der Waals surface area contributed by atoms with Gasteiger partial charge >= 0.3 is 0 Å². The lowest BCUT2D eigenvalue weighted by molar-refractivity contribution is 0.472. The smallest absolute Gasteiger partial charge is 0.184 e. The van der Waals surface area contributed by atoms with Gasteiger partial charge in [0, 0.05) is 17.4 Å². The summed E-state index contributed by atoms with van der Waals surface area (Å²) in [6.07, 6.45) is 4.80. The van der Waals surface area contributed by atoms with Gasteiger partial charge in [-0.3, -0.25) is 4.68 Å². The fraction of sp³-hybridized carbons (Fsp3) is 0.143. The number of nitriles is 1. The molecule has 1 atom stereocenters. The molecule has 0 saturated heterocycles. The number of nitrogen functional groups attached to an aromatic ring is 1. The van der Waals surface area contributed by atoms with Gasteiger partial charge in [-0.05, 0) is 42.2 Å². The van der Waals surface area contributed by atoms with Crippen molar-refractivity contribution in [2.45, 2.75) is 18.9 Å². The zero-order chi connectivity index (χ0) is 19.3. The highest BCUT2D eigenvalue weighted by Crippen LogP contribution is 2.38. The van der Waals surface area contributed by atoms with Crippen LogP contribution in [0.5, 0.6) is 5.75 Å². The zero-order valence-corrected chi connectivity index (χ0v) is 14.9. The molecule has 0 amide bonds. The minimum atomic E-state index is -0.0586. The van der Waals surface area contributed by atoms with Gasteiger partial charge in [0.05, 0.1) is 22.7 Å². The molecule has 1 unspecified atom stereocenters. The highest BCUT2D eigenvalue weighted by Gasteiger charge is 2.28. The molecular weight excluding hydrogens is 352 g/mol. The molecule has 0 aliphatic heterocycles. The van der Waals surface area contributed by atoms with Crippen LogP contribution in [0.15, 0.2) is 48.9 Å². The predicted molar refractivity (Wildman–Crippen MR) is 104 cm³/mol. The number of rotatable bonds is 2. The van der Waals surface area contributed by atoms with Gasteiger partial charge < -0.3 is 10.8 Å². The third-order valence-electron chi connectivity index (χ3n) is 5.32. The third-order valence-corrected chi connectivity index (χ3v) is 5.32. The molecule has 7 nitrogen and oxygen atoms in total. The van der Waals surface area contributed by atoms with Gasteiger partial charge in [-0.15, -0.1) is 0 Å². The largest absolute Gasteiger partial charge is 0.507 e. The maximum atomic E-state index is 10.2. The Balaban J connectivity index is 1.69. The van der Waals surface area contributed by atoms with E-state index in [2.05, 4.69) is 16.0 Å². The SMILES string of the molecule is N#Cc1ccc(-c2c3cncnc3nn2C2Cc3cccc(N)c3C2)cc1O. The summed E-state index contributed by atoms with van der Waals surface area (Å²) < 4.78 is 1.96. The number of anilines is 1. The van der Waals surface area contributed by atoms with E-state index >= 15 is 0 Å². The Morgan fingerprint density at radius 3 is 2.89 bits per heavy atom. The van der Waals surface area contributed by atoms with Crippen LogP contribution in [0, 0.1) is 11.3 Å². The van der Waals surface area contributed by atoms with Crippen molar-refractivity contribution < 1.29 is 5.11 Å². The molecule has 0 bridgehead atoms. The number of phenolic OH excluding ortho intramolecular Hbond substituents is 1. The Morgan fingerprint density at radius 1 is 1.21 bits per heavy atom. The third kappa shape index (κ3) is 2.39. The maximum Gasteiger partial charge on any atom is 0.184 e. The van der Waals surface area contributed by atoms with E-state index in [4.69, 9.17) is 16.1 Å². The van der Waals surface area contributed by atoms with Gasteiger partial charge in [0.1, 0.15) is 18.1 Å². The summed E-state index contributed by atoms with van der Waals surface area (Å²) >= 11 is 0. The van der Waals surface area contributed by atoms with Crippen molar-refractivity contribution in [1.82, 2.24) is 19.7 Å². The quantitative estimate of drug-likeness (QED) is 0.526. The molecule has 7 heteroatoms. The number of hydrogen-bond acceptors (Lipinski definition) is 6. The molecular formula is C21H16N6O. The molecule has 3 N–H and O–H groups in total. The molecule has 0 saturated carbocycles. The van der Waals surface area contributed by atoms with Crippen LogP contribution in [0.2, 0.25) is 0 Å². The van der Waals surface area contributed by atoms with E-state index in [1.807, 2.05) is 29.0 Å². The number of aromatic hydroxyl groups is 1. The lowest BCUT2D eigenvalue weighted by Gasteiger charge is -2.15. The normalized spacial score (nSPS) is 15.5. The fourth-order valence-electron chi connectivity index (χ4n) is 4.00. The second-order valence-electron chi connectivity index (χ2n) is 6.94. The Morgan fingerprint density at radius 2 is 2.11 bits per heavy atom. The standard InChI is InChI=1S/C21H16N6O/c22-9-14-5-4-13(7-19(14)28)20-17-10-24-11-25-21(17)26-27(20)15-6-12-2-1-3-18(23)16(12)8-15/h1-5,7,10-11,15,28H,6,8,23H2. The molecule has 1 aliphatic carbocycles. The summed E-state index contributed by atoms with van der Waals surface area (Å²) in [5.41, 5.74) is 11.8. The van der Waals surface area contributed by atoms with Gasteiger partial charge in [-0.2, -0.15) is 10.4 Å². The number of nitrogens with zero attached hydrogens (tertiary/aromatic N) is 5. The van der Waals surface area contributed by atoms with Crippen LogP contribution >= 0.6 is 0 Å². The summed E-state index contributed by atoms with van der Waals surface area (Å²) in [6.45, 7) is 0. The Kier molecular flexibility index (Phi) is 3.52. The van der Waals surface area contributed by atoms with Crippen LogP contribution in [0.4, 0.5) is 5.69 Å². The van der Waals surface area contributed by atoms with Crippen LogP contribution < -0.4 is 5.73 Å². The van der Waals surface area contributed by atoms with E-state index in [0.717, 1.165) is 40.7 Å². The van der Waals surface area contributed by atoms with Crippen LogP contribution in [0.25, 0.3) is 22.3 Å². The van der Waals surface area contributed by atoms with Gasteiger partial charge in [-0.1, -0.05) is 18.2 Å². The first-order chi connectivity index (χ1) is 13.7. The second-order valence-corrected chi connectivity index (χ2v) is 6.94. The fourth-order valence-corrected chi connectivity index (χ4v) is 4.00. The molecule has 136 valence electrons. The first-order valence-electron chi connectivity index (χ1n) is 8.93.